The number of phenols is 1. The van der Waals surface area contributed by atoms with E-state index < -0.39 is 29.2 Å². The van der Waals surface area contributed by atoms with Gasteiger partial charge in [-0.3, -0.25) is 0 Å². The summed E-state index contributed by atoms with van der Waals surface area (Å²) in [4.78, 5) is 0. The Morgan fingerprint density at radius 2 is 1.85 bits per heavy atom. The van der Waals surface area contributed by atoms with Crippen LogP contribution in [0.5, 0.6) is 5.75 Å². The molecule has 72 valence electrons. The molecule has 5 heteroatoms. The van der Waals surface area contributed by atoms with E-state index in [1.54, 1.807) is 0 Å². The van der Waals surface area contributed by atoms with E-state index in [1.165, 1.54) is 6.92 Å². The second-order valence-corrected chi connectivity index (χ2v) is 2.71. The second-order valence-electron chi connectivity index (χ2n) is 2.71. The van der Waals surface area contributed by atoms with E-state index in [1.807, 2.05) is 0 Å². The van der Waals surface area contributed by atoms with E-state index in [9.17, 15) is 13.2 Å². The zero-order valence-corrected chi connectivity index (χ0v) is 6.81. The number of phenolic OH excluding ortho intramolecular Hbond substituents is 1. The minimum Gasteiger partial charge on any atom is -0.505 e. The van der Waals surface area contributed by atoms with Crippen LogP contribution in [0.2, 0.25) is 0 Å². The Labute approximate surface area is 72.8 Å². The molecule has 1 unspecified atom stereocenters. The van der Waals surface area contributed by atoms with Crippen molar-refractivity contribution >= 4 is 0 Å². The smallest absolute Gasteiger partial charge is 0.203 e. The zero-order chi connectivity index (χ0) is 10.2. The highest BCUT2D eigenvalue weighted by Crippen LogP contribution is 2.29. The fraction of sp³-hybridized carbons (Fsp3) is 0.250. The van der Waals surface area contributed by atoms with Gasteiger partial charge in [-0.15, -0.1) is 0 Å². The van der Waals surface area contributed by atoms with Gasteiger partial charge >= 0.3 is 0 Å². The number of hydrogen-bond donors (Lipinski definition) is 2. The molecule has 1 aromatic carbocycles. The molecule has 0 saturated heterocycles. The van der Waals surface area contributed by atoms with Gasteiger partial charge in [0.1, 0.15) is 0 Å². The van der Waals surface area contributed by atoms with Gasteiger partial charge in [-0.1, -0.05) is 0 Å². The molecular weight excluding hydrogens is 183 g/mol. The largest absolute Gasteiger partial charge is 0.505 e. The van der Waals surface area contributed by atoms with Crippen molar-refractivity contribution in [2.75, 3.05) is 0 Å². The first kappa shape index (κ1) is 9.85. The van der Waals surface area contributed by atoms with Crippen LogP contribution in [0, 0.1) is 17.5 Å². The highest BCUT2D eigenvalue weighted by atomic mass is 19.2. The topological polar surface area (TPSA) is 46.2 Å². The van der Waals surface area contributed by atoms with Crippen LogP contribution in [-0.2, 0) is 0 Å². The number of nitrogens with two attached hydrogens (primary N) is 1. The molecule has 1 rings (SSSR count). The number of aromatic hydroxyl groups is 1. The zero-order valence-electron chi connectivity index (χ0n) is 6.81. The lowest BCUT2D eigenvalue weighted by atomic mass is 10.1. The summed E-state index contributed by atoms with van der Waals surface area (Å²) in [5.41, 5.74) is 5.13. The summed E-state index contributed by atoms with van der Waals surface area (Å²) in [7, 11) is 0. The Hall–Kier alpha value is -1.23. The average Bonchev–Trinajstić information content (AvgIpc) is 2.07. The molecule has 1 atom stereocenters. The summed E-state index contributed by atoms with van der Waals surface area (Å²) < 4.78 is 37.8. The molecule has 2 nitrogen and oxygen atoms in total. The van der Waals surface area contributed by atoms with Crippen molar-refractivity contribution in [3.05, 3.63) is 29.1 Å². The van der Waals surface area contributed by atoms with E-state index in [0.717, 1.165) is 0 Å². The van der Waals surface area contributed by atoms with Crippen molar-refractivity contribution in [3.63, 3.8) is 0 Å². The average molecular weight is 191 g/mol. The molecule has 0 aliphatic rings. The van der Waals surface area contributed by atoms with Crippen molar-refractivity contribution in [2.45, 2.75) is 13.0 Å². The monoisotopic (exact) mass is 191 g/mol. The fourth-order valence-corrected chi connectivity index (χ4v) is 0.951. The number of benzene rings is 1. The maximum absolute atomic E-state index is 12.7. The first-order chi connectivity index (χ1) is 5.95. The summed E-state index contributed by atoms with van der Waals surface area (Å²) in [5, 5.41) is 9.01. The van der Waals surface area contributed by atoms with Gasteiger partial charge in [0.2, 0.25) is 5.82 Å². The molecule has 1 aromatic rings. The van der Waals surface area contributed by atoms with Crippen LogP contribution in [0.4, 0.5) is 13.2 Å². The van der Waals surface area contributed by atoms with Gasteiger partial charge in [-0.2, -0.15) is 4.39 Å². The molecule has 0 saturated carbocycles. The Morgan fingerprint density at radius 3 is 2.31 bits per heavy atom. The number of halogens is 3. The summed E-state index contributed by atoms with van der Waals surface area (Å²) in [6.07, 6.45) is 0. The lowest BCUT2D eigenvalue weighted by Crippen LogP contribution is -2.08. The molecule has 0 aliphatic carbocycles. The lowest BCUT2D eigenvalue weighted by Gasteiger charge is -2.09. The SMILES string of the molecule is CC(N)c1cc(F)c(F)c(F)c1O. The molecular formula is C8H8F3NO. The molecule has 0 aliphatic heterocycles. The van der Waals surface area contributed by atoms with Gasteiger partial charge in [0.25, 0.3) is 0 Å². The van der Waals surface area contributed by atoms with Crippen LogP contribution in [-0.4, -0.2) is 5.11 Å². The highest BCUT2D eigenvalue weighted by molar-refractivity contribution is 5.37. The summed E-state index contributed by atoms with van der Waals surface area (Å²) in [6, 6.07) is -0.0806. The predicted octanol–water partition coefficient (Wildman–Crippen LogP) is 1.83. The van der Waals surface area contributed by atoms with Gasteiger partial charge in [0, 0.05) is 11.6 Å². The predicted molar refractivity (Wildman–Crippen MR) is 40.6 cm³/mol. The standard InChI is InChI=1S/C8H8F3NO/c1-3(12)4-2-5(9)6(10)7(11)8(4)13/h2-3,13H,12H2,1H3. The Balaban J connectivity index is 3.41. The Bertz CT molecular complexity index is 339. The Morgan fingerprint density at radius 1 is 1.31 bits per heavy atom. The van der Waals surface area contributed by atoms with E-state index >= 15 is 0 Å². The van der Waals surface area contributed by atoms with Crippen molar-refractivity contribution in [2.24, 2.45) is 5.73 Å². The molecule has 13 heavy (non-hydrogen) atoms. The van der Waals surface area contributed by atoms with Gasteiger partial charge in [-0.25, -0.2) is 8.78 Å². The first-order valence-corrected chi connectivity index (χ1v) is 3.57. The fourth-order valence-electron chi connectivity index (χ4n) is 0.951. The van der Waals surface area contributed by atoms with Crippen LogP contribution >= 0.6 is 0 Å². The lowest BCUT2D eigenvalue weighted by molar-refractivity contribution is 0.379. The molecule has 0 amide bonds. The minimum absolute atomic E-state index is 0.156. The second kappa shape index (κ2) is 3.26. The molecule has 0 aromatic heterocycles. The molecule has 0 radical (unpaired) electrons. The van der Waals surface area contributed by atoms with E-state index in [2.05, 4.69) is 0 Å². The molecule has 0 heterocycles. The normalized spacial score (nSPS) is 13.0. The summed E-state index contributed by atoms with van der Waals surface area (Å²) in [5.74, 6) is -5.59. The van der Waals surface area contributed by atoms with Gasteiger partial charge < -0.3 is 10.8 Å². The van der Waals surface area contributed by atoms with Gasteiger partial charge in [0.15, 0.2) is 17.4 Å². The van der Waals surface area contributed by atoms with Crippen LogP contribution < -0.4 is 5.73 Å². The number of rotatable bonds is 1. The molecule has 0 bridgehead atoms. The molecule has 0 spiro atoms. The van der Waals surface area contributed by atoms with Crippen molar-refractivity contribution in [1.82, 2.24) is 0 Å². The maximum Gasteiger partial charge on any atom is 0.203 e. The first-order valence-electron chi connectivity index (χ1n) is 3.57. The van der Waals surface area contributed by atoms with Gasteiger partial charge in [0.05, 0.1) is 0 Å². The Kier molecular flexibility index (Phi) is 2.47. The van der Waals surface area contributed by atoms with Crippen LogP contribution in [0.25, 0.3) is 0 Å². The van der Waals surface area contributed by atoms with Crippen molar-refractivity contribution in [1.29, 1.82) is 0 Å². The quantitative estimate of drug-likeness (QED) is 0.665. The third kappa shape index (κ3) is 1.60. The van der Waals surface area contributed by atoms with Crippen LogP contribution in [0.3, 0.4) is 0 Å². The van der Waals surface area contributed by atoms with Crippen molar-refractivity contribution < 1.29 is 18.3 Å². The highest BCUT2D eigenvalue weighted by Gasteiger charge is 2.19. The summed E-state index contributed by atoms with van der Waals surface area (Å²) in [6.45, 7) is 1.42. The minimum atomic E-state index is -1.69. The van der Waals surface area contributed by atoms with Crippen molar-refractivity contribution in [3.8, 4) is 5.75 Å². The molecule has 3 N–H and O–H groups in total. The third-order valence-electron chi connectivity index (χ3n) is 1.66. The van der Waals surface area contributed by atoms with Gasteiger partial charge in [-0.05, 0) is 13.0 Å². The number of hydrogen-bond acceptors (Lipinski definition) is 2. The maximum atomic E-state index is 12.7. The molecule has 0 fully saturated rings. The van der Waals surface area contributed by atoms with Crippen LogP contribution in [0.15, 0.2) is 6.07 Å². The van der Waals surface area contributed by atoms with E-state index in [-0.39, 0.29) is 5.56 Å². The van der Waals surface area contributed by atoms with E-state index in [0.29, 0.717) is 6.07 Å². The van der Waals surface area contributed by atoms with E-state index in [4.69, 9.17) is 10.8 Å². The third-order valence-corrected chi connectivity index (χ3v) is 1.66. The summed E-state index contributed by atoms with van der Waals surface area (Å²) >= 11 is 0. The van der Waals surface area contributed by atoms with Crippen LogP contribution in [0.1, 0.15) is 18.5 Å².